The molecule has 0 spiro atoms. The van der Waals surface area contributed by atoms with Gasteiger partial charge in [-0.2, -0.15) is 5.10 Å². The molecule has 0 fully saturated rings. The van der Waals surface area contributed by atoms with Crippen LogP contribution in [0.15, 0.2) is 35.9 Å². The van der Waals surface area contributed by atoms with Crippen molar-refractivity contribution in [3.05, 3.63) is 58.7 Å². The molecule has 1 aliphatic carbocycles. The predicted molar refractivity (Wildman–Crippen MR) is 103 cm³/mol. The van der Waals surface area contributed by atoms with Crippen LogP contribution in [0.25, 0.3) is 5.69 Å². The number of fused-ring (bicyclic) bond motifs is 1. The molecule has 2 aromatic rings. The molecule has 142 valence electrons. The predicted octanol–water partition coefficient (Wildman–Crippen LogP) is 2.88. The standard InChI is InChI=1S/C21H25FN4O/c1-14(15-10-12-25(2)13-11-15)23-21(27)20-18-4-3-5-19(18)26(24-20)17-8-6-16(22)7-9-17/h6-10,14H,3-5,11-13H2,1-2H3,(H,23,27). The maximum absolute atomic E-state index is 13.3. The Morgan fingerprint density at radius 2 is 2.00 bits per heavy atom. The van der Waals surface area contributed by atoms with Crippen molar-refractivity contribution in [1.29, 1.82) is 0 Å². The van der Waals surface area contributed by atoms with E-state index in [0.717, 1.165) is 55.7 Å². The monoisotopic (exact) mass is 368 g/mol. The second-order valence-corrected chi connectivity index (χ2v) is 7.50. The smallest absolute Gasteiger partial charge is 0.272 e. The third-order valence-electron chi connectivity index (χ3n) is 5.57. The highest BCUT2D eigenvalue weighted by Gasteiger charge is 2.28. The van der Waals surface area contributed by atoms with E-state index in [1.54, 1.807) is 16.8 Å². The number of hydrogen-bond donors (Lipinski definition) is 1. The van der Waals surface area contributed by atoms with Crippen LogP contribution < -0.4 is 5.32 Å². The number of carbonyl (C=O) groups excluding carboxylic acids is 1. The Labute approximate surface area is 158 Å². The Hall–Kier alpha value is -2.47. The van der Waals surface area contributed by atoms with Crippen molar-refractivity contribution in [3.8, 4) is 5.69 Å². The second-order valence-electron chi connectivity index (χ2n) is 7.50. The summed E-state index contributed by atoms with van der Waals surface area (Å²) in [5.41, 5.74) is 4.67. The van der Waals surface area contributed by atoms with Gasteiger partial charge in [0.15, 0.2) is 5.69 Å². The van der Waals surface area contributed by atoms with Crippen LogP contribution in [0.5, 0.6) is 0 Å². The average Bonchev–Trinajstić information content (AvgIpc) is 3.25. The normalized spacial score (nSPS) is 18.1. The number of likely N-dealkylation sites (N-methyl/N-ethyl adjacent to an activating group) is 1. The Balaban J connectivity index is 1.58. The van der Waals surface area contributed by atoms with Gasteiger partial charge in [-0.3, -0.25) is 4.79 Å². The second kappa shape index (κ2) is 7.27. The molecule has 2 heterocycles. The van der Waals surface area contributed by atoms with E-state index >= 15 is 0 Å². The van der Waals surface area contributed by atoms with Gasteiger partial charge in [0.1, 0.15) is 5.82 Å². The molecule has 1 unspecified atom stereocenters. The zero-order valence-corrected chi connectivity index (χ0v) is 15.8. The van der Waals surface area contributed by atoms with Gasteiger partial charge in [0.2, 0.25) is 0 Å². The van der Waals surface area contributed by atoms with E-state index in [0.29, 0.717) is 5.69 Å². The Bertz CT molecular complexity index is 884. The molecule has 27 heavy (non-hydrogen) atoms. The van der Waals surface area contributed by atoms with Crippen LogP contribution in [0, 0.1) is 5.82 Å². The fourth-order valence-corrected chi connectivity index (χ4v) is 3.95. The molecular weight excluding hydrogens is 343 g/mol. The summed E-state index contributed by atoms with van der Waals surface area (Å²) in [7, 11) is 2.10. The summed E-state index contributed by atoms with van der Waals surface area (Å²) >= 11 is 0. The maximum Gasteiger partial charge on any atom is 0.272 e. The van der Waals surface area contributed by atoms with Gasteiger partial charge in [-0.15, -0.1) is 0 Å². The summed E-state index contributed by atoms with van der Waals surface area (Å²) in [6, 6.07) is 6.25. The number of aromatic nitrogens is 2. The molecule has 1 aromatic carbocycles. The first-order valence-electron chi connectivity index (χ1n) is 9.58. The van der Waals surface area contributed by atoms with Gasteiger partial charge in [0, 0.05) is 30.4 Å². The molecule has 0 radical (unpaired) electrons. The first kappa shape index (κ1) is 17.9. The van der Waals surface area contributed by atoms with Crippen LogP contribution in [0.3, 0.4) is 0 Å². The molecule has 0 saturated carbocycles. The van der Waals surface area contributed by atoms with Gasteiger partial charge >= 0.3 is 0 Å². The van der Waals surface area contributed by atoms with Crippen molar-refractivity contribution < 1.29 is 9.18 Å². The fraction of sp³-hybridized carbons (Fsp3) is 0.429. The van der Waals surface area contributed by atoms with Gasteiger partial charge in [-0.25, -0.2) is 9.07 Å². The quantitative estimate of drug-likeness (QED) is 0.845. The van der Waals surface area contributed by atoms with Gasteiger partial charge < -0.3 is 10.2 Å². The van der Waals surface area contributed by atoms with E-state index in [-0.39, 0.29) is 17.8 Å². The van der Waals surface area contributed by atoms with Gasteiger partial charge in [0.05, 0.1) is 5.69 Å². The SMILES string of the molecule is CC(NC(=O)c1nn(-c2ccc(F)cc2)c2c1CCC2)C1=CCN(C)CC1. The lowest BCUT2D eigenvalue weighted by atomic mass is 10.0. The van der Waals surface area contributed by atoms with Gasteiger partial charge in [0.25, 0.3) is 5.91 Å². The summed E-state index contributed by atoms with van der Waals surface area (Å²) in [6.07, 6.45) is 5.94. The number of nitrogens with zero attached hydrogens (tertiary/aromatic N) is 3. The summed E-state index contributed by atoms with van der Waals surface area (Å²) in [5.74, 6) is -0.401. The third-order valence-corrected chi connectivity index (χ3v) is 5.57. The van der Waals surface area contributed by atoms with E-state index in [2.05, 4.69) is 28.4 Å². The molecule has 4 rings (SSSR count). The number of halogens is 1. The van der Waals surface area contributed by atoms with Crippen LogP contribution in [0.4, 0.5) is 4.39 Å². The minimum absolute atomic E-state index is 0.000718. The van der Waals surface area contributed by atoms with Crippen LogP contribution in [0.2, 0.25) is 0 Å². The van der Waals surface area contributed by atoms with Crippen LogP contribution in [-0.4, -0.2) is 46.8 Å². The zero-order valence-electron chi connectivity index (χ0n) is 15.8. The summed E-state index contributed by atoms with van der Waals surface area (Å²) in [5, 5.41) is 7.72. The third kappa shape index (κ3) is 3.54. The number of rotatable bonds is 4. The highest BCUT2D eigenvalue weighted by molar-refractivity contribution is 5.94. The molecule has 6 heteroatoms. The first-order chi connectivity index (χ1) is 13.0. The van der Waals surface area contributed by atoms with Crippen molar-refractivity contribution in [2.24, 2.45) is 0 Å². The van der Waals surface area contributed by atoms with E-state index in [1.165, 1.54) is 17.7 Å². The van der Waals surface area contributed by atoms with Crippen molar-refractivity contribution in [3.63, 3.8) is 0 Å². The molecule has 1 aliphatic heterocycles. The molecule has 0 bridgehead atoms. The highest BCUT2D eigenvalue weighted by Crippen LogP contribution is 2.28. The molecular formula is C21H25FN4O. The Morgan fingerprint density at radius 1 is 1.22 bits per heavy atom. The molecule has 1 N–H and O–H groups in total. The molecule has 1 aromatic heterocycles. The lowest BCUT2D eigenvalue weighted by Crippen LogP contribution is -2.37. The van der Waals surface area contributed by atoms with E-state index in [9.17, 15) is 9.18 Å². The lowest BCUT2D eigenvalue weighted by molar-refractivity contribution is 0.0938. The summed E-state index contributed by atoms with van der Waals surface area (Å²) in [4.78, 5) is 15.2. The summed E-state index contributed by atoms with van der Waals surface area (Å²) in [6.45, 7) is 3.97. The zero-order chi connectivity index (χ0) is 19.0. The van der Waals surface area contributed by atoms with Crippen molar-refractivity contribution in [1.82, 2.24) is 20.0 Å². The van der Waals surface area contributed by atoms with Crippen molar-refractivity contribution in [2.45, 2.75) is 38.6 Å². The number of nitrogens with one attached hydrogen (secondary N) is 1. The topological polar surface area (TPSA) is 50.2 Å². The highest BCUT2D eigenvalue weighted by atomic mass is 19.1. The minimum atomic E-state index is -0.277. The van der Waals surface area contributed by atoms with E-state index in [4.69, 9.17) is 0 Å². The summed E-state index contributed by atoms with van der Waals surface area (Å²) < 4.78 is 15.1. The number of amides is 1. The number of hydrogen-bond acceptors (Lipinski definition) is 3. The molecule has 5 nitrogen and oxygen atoms in total. The van der Waals surface area contributed by atoms with E-state index < -0.39 is 0 Å². The molecule has 2 aliphatic rings. The van der Waals surface area contributed by atoms with Gasteiger partial charge in [-0.1, -0.05) is 6.08 Å². The molecule has 0 saturated heterocycles. The number of benzene rings is 1. The van der Waals surface area contributed by atoms with E-state index in [1.807, 2.05) is 6.92 Å². The Morgan fingerprint density at radius 3 is 2.70 bits per heavy atom. The average molecular weight is 368 g/mol. The minimum Gasteiger partial charge on any atom is -0.344 e. The largest absolute Gasteiger partial charge is 0.344 e. The number of carbonyl (C=O) groups is 1. The maximum atomic E-state index is 13.3. The van der Waals surface area contributed by atoms with Crippen molar-refractivity contribution in [2.75, 3.05) is 20.1 Å². The van der Waals surface area contributed by atoms with Gasteiger partial charge in [-0.05, 0) is 69.5 Å². The fourth-order valence-electron chi connectivity index (χ4n) is 3.95. The first-order valence-corrected chi connectivity index (χ1v) is 9.58. The van der Waals surface area contributed by atoms with Crippen LogP contribution >= 0.6 is 0 Å². The van der Waals surface area contributed by atoms with Crippen LogP contribution in [-0.2, 0) is 12.8 Å². The lowest BCUT2D eigenvalue weighted by Gasteiger charge is -2.26. The van der Waals surface area contributed by atoms with Crippen molar-refractivity contribution >= 4 is 5.91 Å². The molecule has 1 atom stereocenters. The van der Waals surface area contributed by atoms with Crippen LogP contribution in [0.1, 0.15) is 41.5 Å². The Kier molecular flexibility index (Phi) is 4.83. The molecule has 1 amide bonds.